The Hall–Kier alpha value is -1.86. The number of hydrogen-bond acceptors (Lipinski definition) is 3. The van der Waals surface area contributed by atoms with Crippen LogP contribution in [0.15, 0.2) is 18.2 Å². The lowest BCUT2D eigenvalue weighted by Crippen LogP contribution is -2.10. The van der Waals surface area contributed by atoms with E-state index in [1.54, 1.807) is 0 Å². The monoisotopic (exact) mass is 229 g/mol. The van der Waals surface area contributed by atoms with Crippen LogP contribution in [0.3, 0.4) is 0 Å². The maximum Gasteiger partial charge on any atom is 0.221 e. The average molecular weight is 229 g/mol. The van der Waals surface area contributed by atoms with E-state index >= 15 is 0 Å². The molecule has 1 aromatic carbocycles. The molecule has 4 heteroatoms. The van der Waals surface area contributed by atoms with Crippen molar-refractivity contribution in [2.24, 2.45) is 0 Å². The summed E-state index contributed by atoms with van der Waals surface area (Å²) in [6, 6.07) is 8.20. The lowest BCUT2D eigenvalue weighted by atomic mass is 10.1. The van der Waals surface area contributed by atoms with Crippen LogP contribution >= 0.6 is 0 Å². The minimum atomic E-state index is -0.0715. The molecule has 1 aliphatic rings. The van der Waals surface area contributed by atoms with Gasteiger partial charge in [0.2, 0.25) is 5.91 Å². The van der Waals surface area contributed by atoms with Crippen molar-refractivity contribution in [3.05, 3.63) is 29.3 Å². The van der Waals surface area contributed by atoms with Gasteiger partial charge in [-0.3, -0.25) is 9.69 Å². The summed E-state index contributed by atoms with van der Waals surface area (Å²) in [6.07, 6.45) is 0. The summed E-state index contributed by atoms with van der Waals surface area (Å²) in [7, 11) is 0. The largest absolute Gasteiger partial charge is 0.326 e. The van der Waals surface area contributed by atoms with E-state index in [4.69, 9.17) is 5.26 Å². The topological polar surface area (TPSA) is 55.9 Å². The smallest absolute Gasteiger partial charge is 0.221 e. The van der Waals surface area contributed by atoms with Crippen molar-refractivity contribution in [1.82, 2.24) is 4.90 Å². The molecule has 1 fully saturated rings. The summed E-state index contributed by atoms with van der Waals surface area (Å²) >= 11 is 0. The van der Waals surface area contributed by atoms with Gasteiger partial charge in [0.05, 0.1) is 6.07 Å². The van der Waals surface area contributed by atoms with Gasteiger partial charge in [0.25, 0.3) is 0 Å². The second-order valence-corrected chi connectivity index (χ2v) is 4.42. The number of carbonyl (C=O) groups excluding carboxylic acids is 1. The molecule has 17 heavy (non-hydrogen) atoms. The van der Waals surface area contributed by atoms with E-state index in [1.165, 1.54) is 6.92 Å². The second kappa shape index (κ2) is 4.56. The number of nitriles is 1. The number of hydrogen-bond donors (Lipinski definition) is 1. The van der Waals surface area contributed by atoms with Crippen LogP contribution in [0.25, 0.3) is 0 Å². The molecule has 0 aliphatic carbocycles. The molecule has 88 valence electrons. The third-order valence-electron chi connectivity index (χ3n) is 2.81. The first-order chi connectivity index (χ1) is 8.10. The van der Waals surface area contributed by atoms with Gasteiger partial charge >= 0.3 is 0 Å². The number of nitrogens with one attached hydrogen (secondary N) is 1. The predicted molar refractivity (Wildman–Crippen MR) is 65.3 cm³/mol. The Labute approximate surface area is 101 Å². The average Bonchev–Trinajstić information content (AvgIpc) is 3.00. The minimum absolute atomic E-state index is 0.0423. The van der Waals surface area contributed by atoms with Crippen molar-refractivity contribution < 1.29 is 4.79 Å². The molecule has 1 saturated heterocycles. The van der Waals surface area contributed by atoms with E-state index < -0.39 is 0 Å². The van der Waals surface area contributed by atoms with Crippen LogP contribution in [-0.4, -0.2) is 23.4 Å². The Balaban J connectivity index is 2.16. The van der Waals surface area contributed by atoms with Gasteiger partial charge in [0, 0.05) is 25.7 Å². The highest BCUT2D eigenvalue weighted by Gasteiger charge is 2.34. The maximum atomic E-state index is 11.1. The van der Waals surface area contributed by atoms with Gasteiger partial charge in [-0.15, -0.1) is 0 Å². The Morgan fingerprint density at radius 2 is 2.41 bits per heavy atom. The van der Waals surface area contributed by atoms with E-state index in [9.17, 15) is 4.79 Å². The first-order valence-corrected chi connectivity index (χ1v) is 5.61. The zero-order valence-electron chi connectivity index (χ0n) is 10.0. The van der Waals surface area contributed by atoms with Gasteiger partial charge in [0.15, 0.2) is 0 Å². The molecule has 0 saturated carbocycles. The van der Waals surface area contributed by atoms with Gasteiger partial charge < -0.3 is 5.32 Å². The van der Waals surface area contributed by atoms with Crippen LogP contribution in [0, 0.1) is 18.3 Å². The van der Waals surface area contributed by atoms with Crippen molar-refractivity contribution in [2.75, 3.05) is 11.9 Å². The fraction of sp³-hybridized carbons (Fsp3) is 0.385. The zero-order chi connectivity index (χ0) is 12.4. The molecule has 1 aromatic rings. The van der Waals surface area contributed by atoms with E-state index in [0.29, 0.717) is 0 Å². The summed E-state index contributed by atoms with van der Waals surface area (Å²) in [4.78, 5) is 13.2. The van der Waals surface area contributed by atoms with Gasteiger partial charge in [-0.25, -0.2) is 0 Å². The van der Waals surface area contributed by atoms with Gasteiger partial charge in [-0.1, -0.05) is 17.7 Å². The number of carbonyl (C=O) groups is 1. The zero-order valence-corrected chi connectivity index (χ0v) is 10.0. The molecule has 0 spiro atoms. The number of aryl methyl sites for hydroxylation is 1. The molecule has 4 nitrogen and oxygen atoms in total. The standard InChI is InChI=1S/C13H15N3O/c1-9-3-4-13(15-10(2)17)11(5-9)7-16-8-12(16)6-14/h3-5,12H,7-8H2,1-2H3,(H,15,17). The normalized spacial score (nSPS) is 21.7. The number of benzene rings is 1. The maximum absolute atomic E-state index is 11.1. The number of anilines is 1. The Morgan fingerprint density at radius 3 is 3.00 bits per heavy atom. The number of amides is 1. The highest BCUT2D eigenvalue weighted by atomic mass is 16.1. The molecular formula is C13H15N3O. The van der Waals surface area contributed by atoms with Gasteiger partial charge in [-0.05, 0) is 18.6 Å². The fourth-order valence-corrected chi connectivity index (χ4v) is 1.86. The quantitative estimate of drug-likeness (QED) is 0.802. The van der Waals surface area contributed by atoms with Gasteiger partial charge in [0.1, 0.15) is 6.04 Å². The molecule has 2 rings (SSSR count). The third kappa shape index (κ3) is 2.83. The highest BCUT2D eigenvalue weighted by molar-refractivity contribution is 5.89. The first kappa shape index (κ1) is 11.6. The molecule has 0 bridgehead atoms. The third-order valence-corrected chi connectivity index (χ3v) is 2.81. The van der Waals surface area contributed by atoms with E-state index in [1.807, 2.05) is 19.1 Å². The molecule has 1 heterocycles. The summed E-state index contributed by atoms with van der Waals surface area (Å²) in [6.45, 7) is 5.06. The van der Waals surface area contributed by atoms with Crippen molar-refractivity contribution >= 4 is 11.6 Å². The van der Waals surface area contributed by atoms with Crippen molar-refractivity contribution in [1.29, 1.82) is 5.26 Å². The van der Waals surface area contributed by atoms with Crippen LogP contribution in [0.5, 0.6) is 0 Å². The van der Waals surface area contributed by atoms with Crippen LogP contribution in [-0.2, 0) is 11.3 Å². The molecular weight excluding hydrogens is 214 g/mol. The molecule has 2 unspecified atom stereocenters. The number of rotatable bonds is 3. The van der Waals surface area contributed by atoms with Crippen molar-refractivity contribution in [2.45, 2.75) is 26.4 Å². The lowest BCUT2D eigenvalue weighted by Gasteiger charge is -2.11. The molecule has 0 radical (unpaired) electrons. The Morgan fingerprint density at radius 1 is 1.65 bits per heavy atom. The van der Waals surface area contributed by atoms with Crippen LogP contribution < -0.4 is 5.32 Å². The highest BCUT2D eigenvalue weighted by Crippen LogP contribution is 2.25. The molecule has 1 amide bonds. The van der Waals surface area contributed by atoms with Crippen molar-refractivity contribution in [3.63, 3.8) is 0 Å². The fourth-order valence-electron chi connectivity index (χ4n) is 1.86. The summed E-state index contributed by atoms with van der Waals surface area (Å²) < 4.78 is 0. The lowest BCUT2D eigenvalue weighted by molar-refractivity contribution is -0.114. The second-order valence-electron chi connectivity index (χ2n) is 4.42. The predicted octanol–water partition coefficient (Wildman–Crippen LogP) is 1.66. The van der Waals surface area contributed by atoms with E-state index in [0.717, 1.165) is 29.9 Å². The SMILES string of the molecule is CC(=O)Nc1ccc(C)cc1CN1CC1C#N. The molecule has 0 aromatic heterocycles. The minimum Gasteiger partial charge on any atom is -0.326 e. The summed E-state index contributed by atoms with van der Waals surface area (Å²) in [5.41, 5.74) is 3.06. The van der Waals surface area contributed by atoms with Crippen LogP contribution in [0.1, 0.15) is 18.1 Å². The molecule has 1 aliphatic heterocycles. The summed E-state index contributed by atoms with van der Waals surface area (Å²) in [5.74, 6) is -0.0715. The van der Waals surface area contributed by atoms with Crippen LogP contribution in [0.2, 0.25) is 0 Å². The Kier molecular flexibility index (Phi) is 3.12. The first-order valence-electron chi connectivity index (χ1n) is 5.61. The van der Waals surface area contributed by atoms with Crippen molar-refractivity contribution in [3.8, 4) is 6.07 Å². The number of nitrogens with zero attached hydrogens (tertiary/aromatic N) is 2. The molecule has 2 atom stereocenters. The van der Waals surface area contributed by atoms with Crippen LogP contribution in [0.4, 0.5) is 5.69 Å². The van der Waals surface area contributed by atoms with E-state index in [2.05, 4.69) is 22.4 Å². The van der Waals surface area contributed by atoms with Gasteiger partial charge in [-0.2, -0.15) is 5.26 Å². The molecule has 1 N–H and O–H groups in total. The van der Waals surface area contributed by atoms with E-state index in [-0.39, 0.29) is 11.9 Å². The summed E-state index contributed by atoms with van der Waals surface area (Å²) in [5, 5.41) is 11.6. The Bertz CT molecular complexity index is 490.